The van der Waals surface area contributed by atoms with E-state index in [1.807, 2.05) is 6.07 Å². The van der Waals surface area contributed by atoms with Crippen LogP contribution in [0.4, 0.5) is 5.69 Å². The predicted molar refractivity (Wildman–Crippen MR) is 47.4 cm³/mol. The third-order valence-corrected chi connectivity index (χ3v) is 1.31. The van der Waals surface area contributed by atoms with E-state index in [9.17, 15) is 0 Å². The second kappa shape index (κ2) is 3.69. The van der Waals surface area contributed by atoms with E-state index in [2.05, 4.69) is 23.0 Å². The Morgan fingerprint density at radius 1 is 1.27 bits per heavy atom. The van der Waals surface area contributed by atoms with Crippen molar-refractivity contribution in [3.8, 4) is 6.07 Å². The molecule has 0 saturated carbocycles. The zero-order chi connectivity index (χ0) is 8.10. The van der Waals surface area contributed by atoms with Crippen LogP contribution in [-0.2, 0) is 0 Å². The van der Waals surface area contributed by atoms with Gasteiger partial charge >= 0.3 is 0 Å². The Kier molecular flexibility index (Phi) is 2.59. The summed E-state index contributed by atoms with van der Waals surface area (Å²) in [4.78, 5) is 0. The van der Waals surface area contributed by atoms with Gasteiger partial charge in [0.15, 0.2) is 0 Å². The van der Waals surface area contributed by atoms with Crippen molar-refractivity contribution in [2.75, 3.05) is 5.32 Å². The first kappa shape index (κ1) is 7.70. The molecule has 0 unspecified atom stereocenters. The minimum Gasteiger partial charge on any atom is -0.344 e. The van der Waals surface area contributed by atoms with Crippen LogP contribution < -0.4 is 5.32 Å². The molecule has 0 spiro atoms. The van der Waals surface area contributed by atoms with E-state index in [4.69, 9.17) is 5.26 Å². The lowest BCUT2D eigenvalue weighted by molar-refractivity contribution is 1.48. The van der Waals surface area contributed by atoms with Gasteiger partial charge in [0.05, 0.1) is 11.6 Å². The summed E-state index contributed by atoms with van der Waals surface area (Å²) in [6.07, 6.45) is 0. The Labute approximate surface area is 70.5 Å². The Balaban J connectivity index is 2.84. The van der Waals surface area contributed by atoms with Crippen LogP contribution in [0.2, 0.25) is 0 Å². The Hall–Kier alpha value is -1.40. The summed E-state index contributed by atoms with van der Waals surface area (Å²) in [5.74, 6) is 0. The molecule has 1 rings (SSSR count). The molecule has 0 aliphatic heterocycles. The highest BCUT2D eigenvalue weighted by Crippen LogP contribution is 2.06. The van der Waals surface area contributed by atoms with Crippen LogP contribution in [0.15, 0.2) is 24.3 Å². The minimum absolute atomic E-state index is 0.639. The topological polar surface area (TPSA) is 35.8 Å². The van der Waals surface area contributed by atoms with E-state index in [1.54, 1.807) is 24.3 Å². The summed E-state index contributed by atoms with van der Waals surface area (Å²) in [5, 5.41) is 11.2. The highest BCUT2D eigenvalue weighted by Gasteiger charge is 1.89. The third kappa shape index (κ3) is 2.03. The van der Waals surface area contributed by atoms with Crippen molar-refractivity contribution in [1.29, 1.82) is 5.26 Å². The predicted octanol–water partition coefficient (Wildman–Crippen LogP) is 1.80. The summed E-state index contributed by atoms with van der Waals surface area (Å²) in [5.41, 5.74) is 3.86. The fourth-order valence-corrected chi connectivity index (χ4v) is 0.805. The number of benzene rings is 1. The average Bonchev–Trinajstić information content (AvgIpc) is 2.07. The molecule has 0 aliphatic carbocycles. The molecule has 0 aliphatic rings. The maximum atomic E-state index is 8.45. The van der Waals surface area contributed by atoms with E-state index < -0.39 is 0 Å². The van der Waals surface area contributed by atoms with Crippen LogP contribution in [0.5, 0.6) is 0 Å². The van der Waals surface area contributed by atoms with Gasteiger partial charge in [-0.15, -0.1) is 0 Å². The van der Waals surface area contributed by atoms with Crippen LogP contribution in [0.25, 0.3) is 0 Å². The van der Waals surface area contributed by atoms with Gasteiger partial charge in [0.1, 0.15) is 5.49 Å². The zero-order valence-electron chi connectivity index (χ0n) is 5.66. The smallest absolute Gasteiger partial charge is 0.138 e. The molecular formula is C8H5N2S. The van der Waals surface area contributed by atoms with Crippen LogP contribution in [0.3, 0.4) is 0 Å². The maximum absolute atomic E-state index is 8.45. The SMILES string of the molecule is N#Cc1ccc(N[C]=S)cc1. The van der Waals surface area contributed by atoms with Gasteiger partial charge in [-0.2, -0.15) is 5.26 Å². The molecule has 0 saturated heterocycles. The van der Waals surface area contributed by atoms with Crippen molar-refractivity contribution < 1.29 is 0 Å². The van der Waals surface area contributed by atoms with Gasteiger partial charge in [0, 0.05) is 5.69 Å². The first-order valence-electron chi connectivity index (χ1n) is 3.00. The molecule has 1 aromatic carbocycles. The van der Waals surface area contributed by atoms with E-state index in [1.165, 1.54) is 0 Å². The number of hydrogen-bond acceptors (Lipinski definition) is 2. The van der Waals surface area contributed by atoms with Crippen LogP contribution in [0.1, 0.15) is 5.56 Å². The Bertz CT molecular complexity index is 284. The largest absolute Gasteiger partial charge is 0.344 e. The molecule has 53 valence electrons. The molecular weight excluding hydrogens is 156 g/mol. The fourth-order valence-electron chi connectivity index (χ4n) is 0.687. The molecule has 2 nitrogen and oxygen atoms in total. The number of rotatable bonds is 2. The molecule has 0 heterocycles. The highest BCUT2D eigenvalue weighted by molar-refractivity contribution is 7.79. The summed E-state index contributed by atoms with van der Waals surface area (Å²) in [7, 11) is 0. The van der Waals surface area contributed by atoms with Gasteiger partial charge in [-0.05, 0) is 24.3 Å². The summed E-state index contributed by atoms with van der Waals surface area (Å²) < 4.78 is 0. The monoisotopic (exact) mass is 161 g/mol. The van der Waals surface area contributed by atoms with E-state index in [-0.39, 0.29) is 0 Å². The van der Waals surface area contributed by atoms with Gasteiger partial charge in [0.25, 0.3) is 0 Å². The van der Waals surface area contributed by atoms with Gasteiger partial charge < -0.3 is 5.32 Å². The van der Waals surface area contributed by atoms with Crippen molar-refractivity contribution in [3.63, 3.8) is 0 Å². The third-order valence-electron chi connectivity index (χ3n) is 1.21. The lowest BCUT2D eigenvalue weighted by Crippen LogP contribution is -1.90. The molecule has 0 atom stereocenters. The molecule has 1 radical (unpaired) electrons. The average molecular weight is 161 g/mol. The highest BCUT2D eigenvalue weighted by atomic mass is 32.1. The number of anilines is 1. The van der Waals surface area contributed by atoms with Gasteiger partial charge in [-0.1, -0.05) is 12.2 Å². The van der Waals surface area contributed by atoms with Crippen LogP contribution >= 0.6 is 12.2 Å². The molecule has 11 heavy (non-hydrogen) atoms. The van der Waals surface area contributed by atoms with Crippen LogP contribution in [-0.4, -0.2) is 5.49 Å². The van der Waals surface area contributed by atoms with Crippen molar-refractivity contribution in [2.45, 2.75) is 0 Å². The molecule has 1 N–H and O–H groups in total. The number of thiocarbonyl (C=S) groups is 1. The zero-order valence-corrected chi connectivity index (χ0v) is 6.48. The van der Waals surface area contributed by atoms with Gasteiger partial charge in [0.2, 0.25) is 0 Å². The number of nitriles is 1. The normalized spacial score (nSPS) is 8.27. The molecule has 3 heteroatoms. The summed E-state index contributed by atoms with van der Waals surface area (Å²) in [6.45, 7) is 0. The van der Waals surface area contributed by atoms with Crippen LogP contribution in [0, 0.1) is 11.3 Å². The van der Waals surface area contributed by atoms with Crippen molar-refractivity contribution >= 4 is 23.4 Å². The molecule has 0 amide bonds. The lowest BCUT2D eigenvalue weighted by Gasteiger charge is -1.96. The summed E-state index contributed by atoms with van der Waals surface area (Å²) in [6, 6.07) is 9.01. The Morgan fingerprint density at radius 2 is 1.91 bits per heavy atom. The number of nitrogens with zero attached hydrogens (tertiary/aromatic N) is 1. The quantitative estimate of drug-likeness (QED) is 0.530. The molecule has 0 fully saturated rings. The van der Waals surface area contributed by atoms with E-state index in [0.29, 0.717) is 5.56 Å². The van der Waals surface area contributed by atoms with Crippen molar-refractivity contribution in [1.82, 2.24) is 0 Å². The maximum Gasteiger partial charge on any atom is 0.138 e. The standard InChI is InChI=1S/C8H5N2S/c9-5-7-1-3-8(4-2-7)10-6-11/h1-4H,(H,10,11). The Morgan fingerprint density at radius 3 is 2.36 bits per heavy atom. The fraction of sp³-hybridized carbons (Fsp3) is 0. The second-order valence-electron chi connectivity index (χ2n) is 1.92. The second-order valence-corrected chi connectivity index (χ2v) is 2.12. The first-order chi connectivity index (χ1) is 5.36. The first-order valence-corrected chi connectivity index (χ1v) is 3.41. The van der Waals surface area contributed by atoms with Gasteiger partial charge in [-0.3, -0.25) is 0 Å². The number of hydrogen-bond donors (Lipinski definition) is 1. The number of nitrogens with one attached hydrogen (secondary N) is 1. The summed E-state index contributed by atoms with van der Waals surface area (Å²) >= 11 is 4.47. The molecule has 0 bridgehead atoms. The van der Waals surface area contributed by atoms with Gasteiger partial charge in [-0.25, -0.2) is 0 Å². The molecule has 1 aromatic rings. The van der Waals surface area contributed by atoms with Crippen molar-refractivity contribution in [2.24, 2.45) is 0 Å². The minimum atomic E-state index is 0.639. The van der Waals surface area contributed by atoms with E-state index >= 15 is 0 Å². The van der Waals surface area contributed by atoms with E-state index in [0.717, 1.165) is 5.69 Å². The molecule has 0 aromatic heterocycles. The lowest BCUT2D eigenvalue weighted by atomic mass is 10.2. The van der Waals surface area contributed by atoms with Crippen molar-refractivity contribution in [3.05, 3.63) is 29.8 Å².